The molecule has 1 saturated heterocycles. The average molecular weight is 455 g/mol. The molecule has 2 aromatic carbocycles. The summed E-state index contributed by atoms with van der Waals surface area (Å²) in [6.45, 7) is 7.52. The normalized spacial score (nSPS) is 17.1. The Labute approximate surface area is 193 Å². The van der Waals surface area contributed by atoms with Crippen molar-refractivity contribution in [2.45, 2.75) is 38.5 Å². The maximum atomic E-state index is 13.4. The first-order valence-corrected chi connectivity index (χ1v) is 11.5. The van der Waals surface area contributed by atoms with Gasteiger partial charge in [-0.05, 0) is 55.8 Å². The second-order valence-electron chi connectivity index (χ2n) is 9.03. The van der Waals surface area contributed by atoms with Gasteiger partial charge < -0.3 is 23.7 Å². The van der Waals surface area contributed by atoms with Crippen molar-refractivity contribution in [2.75, 3.05) is 33.4 Å². The molecule has 0 amide bonds. The molecule has 2 heterocycles. The van der Waals surface area contributed by atoms with Crippen LogP contribution < -0.4 is 9.47 Å². The molecule has 7 heteroatoms. The third-order valence-electron chi connectivity index (χ3n) is 6.45. The van der Waals surface area contributed by atoms with Gasteiger partial charge in [0, 0.05) is 35.8 Å². The van der Waals surface area contributed by atoms with Gasteiger partial charge in [0.1, 0.15) is 12.1 Å². The second-order valence-corrected chi connectivity index (χ2v) is 9.03. The van der Waals surface area contributed by atoms with E-state index in [4.69, 9.17) is 14.0 Å². The molecule has 1 aromatic heterocycles. The highest BCUT2D eigenvalue weighted by Gasteiger charge is 2.26. The van der Waals surface area contributed by atoms with Crippen LogP contribution in [0.5, 0.6) is 11.5 Å². The number of fused-ring (bicyclic) bond motifs is 1. The number of nitrogens with zero attached hydrogens (tertiary/aromatic N) is 2. The first kappa shape index (κ1) is 23.2. The summed E-state index contributed by atoms with van der Waals surface area (Å²) in [6.07, 6.45) is 2.92. The van der Waals surface area contributed by atoms with Crippen molar-refractivity contribution in [3.8, 4) is 11.5 Å². The fourth-order valence-corrected chi connectivity index (χ4v) is 4.50. The van der Waals surface area contributed by atoms with Crippen molar-refractivity contribution < 1.29 is 23.2 Å². The summed E-state index contributed by atoms with van der Waals surface area (Å²) in [4.78, 5) is 13.5. The maximum Gasteiger partial charge on any atom is 0.170 e. The van der Waals surface area contributed by atoms with Crippen molar-refractivity contribution in [2.24, 2.45) is 5.92 Å². The van der Waals surface area contributed by atoms with Crippen molar-refractivity contribution in [1.29, 1.82) is 0 Å². The van der Waals surface area contributed by atoms with Crippen LogP contribution in [0.2, 0.25) is 0 Å². The molecule has 1 aliphatic heterocycles. The molecule has 2 atom stereocenters. The van der Waals surface area contributed by atoms with Crippen molar-refractivity contribution in [3.63, 3.8) is 0 Å². The molecular weight excluding hydrogens is 423 g/mol. The Hall–Kier alpha value is -2.93. The zero-order valence-corrected chi connectivity index (χ0v) is 19.4. The molecule has 0 aliphatic carbocycles. The summed E-state index contributed by atoms with van der Waals surface area (Å²) in [5.74, 6) is 1.53. The van der Waals surface area contributed by atoms with E-state index in [-0.39, 0.29) is 11.7 Å². The topological polar surface area (TPSA) is 64.8 Å². The molecule has 2 unspecified atom stereocenters. The number of halogens is 1. The van der Waals surface area contributed by atoms with Crippen molar-refractivity contribution in [3.05, 3.63) is 53.5 Å². The van der Waals surface area contributed by atoms with E-state index in [0.717, 1.165) is 55.4 Å². The van der Waals surface area contributed by atoms with Gasteiger partial charge in [0.05, 0.1) is 19.4 Å². The van der Waals surface area contributed by atoms with Crippen LogP contribution in [0.3, 0.4) is 0 Å². The molecule has 0 spiro atoms. The van der Waals surface area contributed by atoms with Gasteiger partial charge in [0.15, 0.2) is 17.1 Å². The fraction of sp³-hybridized carbons (Fsp3) is 0.462. The van der Waals surface area contributed by atoms with Crippen molar-refractivity contribution >= 4 is 17.3 Å². The van der Waals surface area contributed by atoms with Crippen LogP contribution in [0.1, 0.15) is 49.8 Å². The monoisotopic (exact) mass is 454 g/mol. The Bertz CT molecular complexity index is 1090. The molecule has 176 valence electrons. The van der Waals surface area contributed by atoms with Gasteiger partial charge in [-0.1, -0.05) is 25.1 Å². The Morgan fingerprint density at radius 3 is 2.70 bits per heavy atom. The van der Waals surface area contributed by atoms with E-state index in [1.807, 2.05) is 25.1 Å². The molecule has 0 bridgehead atoms. The van der Waals surface area contributed by atoms with Crippen LogP contribution in [0, 0.1) is 11.7 Å². The lowest BCUT2D eigenvalue weighted by Crippen LogP contribution is -2.37. The summed E-state index contributed by atoms with van der Waals surface area (Å²) < 4.78 is 30.3. The molecule has 33 heavy (non-hydrogen) atoms. The van der Waals surface area contributed by atoms with Crippen LogP contribution in [-0.4, -0.2) is 49.7 Å². The van der Waals surface area contributed by atoms with Gasteiger partial charge in [-0.25, -0.2) is 4.39 Å². The lowest BCUT2D eigenvalue weighted by Gasteiger charge is -2.32. The fourth-order valence-electron chi connectivity index (χ4n) is 4.50. The standard InChI is InChI=1S/C26H31FN2O4/c1-17(16-32-23-7-4-20(18(2)15-30)12-25(23)31-3)14-29-10-8-19(9-11-29)26-22-6-5-21(27)13-24(22)33-28-26/h4-7,12-13,15,17-19H,8-11,14,16H2,1-3H3. The average Bonchev–Trinajstić information content (AvgIpc) is 3.25. The molecule has 6 nitrogen and oxygen atoms in total. The van der Waals surface area contributed by atoms with E-state index in [1.54, 1.807) is 13.2 Å². The number of carbonyl (C=O) groups is 1. The van der Waals surface area contributed by atoms with E-state index in [2.05, 4.69) is 17.0 Å². The molecule has 1 aliphatic rings. The highest BCUT2D eigenvalue weighted by atomic mass is 19.1. The quantitative estimate of drug-likeness (QED) is 0.416. The van der Waals surface area contributed by atoms with Gasteiger partial charge in [-0.2, -0.15) is 0 Å². The number of aromatic nitrogens is 1. The number of carbonyl (C=O) groups excluding carboxylic acids is 1. The van der Waals surface area contributed by atoms with E-state index in [0.29, 0.717) is 35.5 Å². The third-order valence-corrected chi connectivity index (χ3v) is 6.45. The maximum absolute atomic E-state index is 13.4. The first-order valence-electron chi connectivity index (χ1n) is 11.5. The summed E-state index contributed by atoms with van der Waals surface area (Å²) in [5.41, 5.74) is 2.37. The van der Waals surface area contributed by atoms with E-state index < -0.39 is 0 Å². The highest BCUT2D eigenvalue weighted by molar-refractivity contribution is 5.79. The molecule has 0 radical (unpaired) electrons. The highest BCUT2D eigenvalue weighted by Crippen LogP contribution is 2.33. The minimum atomic E-state index is -0.305. The lowest BCUT2D eigenvalue weighted by molar-refractivity contribution is -0.108. The smallest absolute Gasteiger partial charge is 0.170 e. The number of piperidine rings is 1. The first-order chi connectivity index (χ1) is 16.0. The molecule has 3 aromatic rings. The number of ether oxygens (including phenoxy) is 2. The summed E-state index contributed by atoms with van der Waals surface area (Å²) >= 11 is 0. The third kappa shape index (κ3) is 5.36. The van der Waals surface area contributed by atoms with Crippen LogP contribution in [0.15, 0.2) is 40.9 Å². The summed E-state index contributed by atoms with van der Waals surface area (Å²) in [7, 11) is 1.61. The number of aldehydes is 1. The Kier molecular flexibility index (Phi) is 7.28. The number of hydrogen-bond acceptors (Lipinski definition) is 6. The zero-order chi connectivity index (χ0) is 23.4. The molecule has 0 saturated carbocycles. The van der Waals surface area contributed by atoms with E-state index >= 15 is 0 Å². The molecule has 1 fully saturated rings. The summed E-state index contributed by atoms with van der Waals surface area (Å²) in [6, 6.07) is 10.3. The largest absolute Gasteiger partial charge is 0.493 e. The van der Waals surface area contributed by atoms with Gasteiger partial charge in [0.2, 0.25) is 0 Å². The van der Waals surface area contributed by atoms with Crippen LogP contribution in [-0.2, 0) is 4.79 Å². The Morgan fingerprint density at radius 2 is 1.97 bits per heavy atom. The van der Waals surface area contributed by atoms with Crippen molar-refractivity contribution in [1.82, 2.24) is 10.1 Å². The number of hydrogen-bond donors (Lipinski definition) is 0. The predicted octanol–water partition coefficient (Wildman–Crippen LogP) is 5.17. The Balaban J connectivity index is 1.28. The lowest BCUT2D eigenvalue weighted by atomic mass is 9.91. The number of likely N-dealkylation sites (tertiary alicyclic amines) is 1. The van der Waals surface area contributed by atoms with Gasteiger partial charge >= 0.3 is 0 Å². The van der Waals surface area contributed by atoms with Crippen LogP contribution in [0.4, 0.5) is 4.39 Å². The van der Waals surface area contributed by atoms with Gasteiger partial charge in [-0.3, -0.25) is 0 Å². The number of methoxy groups -OCH3 is 1. The minimum Gasteiger partial charge on any atom is -0.493 e. The molecule has 0 N–H and O–H groups in total. The van der Waals surface area contributed by atoms with E-state index in [1.165, 1.54) is 12.1 Å². The van der Waals surface area contributed by atoms with Gasteiger partial charge in [0.25, 0.3) is 0 Å². The second kappa shape index (κ2) is 10.3. The number of benzene rings is 2. The zero-order valence-electron chi connectivity index (χ0n) is 19.4. The van der Waals surface area contributed by atoms with E-state index in [9.17, 15) is 9.18 Å². The molecule has 4 rings (SSSR count). The SMILES string of the molecule is COc1cc(C(C)C=O)ccc1OCC(C)CN1CCC(c2noc3cc(F)ccc23)CC1. The number of rotatable bonds is 9. The summed E-state index contributed by atoms with van der Waals surface area (Å²) in [5, 5.41) is 5.15. The predicted molar refractivity (Wildman–Crippen MR) is 125 cm³/mol. The minimum absolute atomic E-state index is 0.175. The Morgan fingerprint density at radius 1 is 1.18 bits per heavy atom. The van der Waals surface area contributed by atoms with Crippen LogP contribution >= 0.6 is 0 Å². The molecular formula is C26H31FN2O4. The van der Waals surface area contributed by atoms with Crippen LogP contribution in [0.25, 0.3) is 11.0 Å². The van der Waals surface area contributed by atoms with Gasteiger partial charge in [-0.15, -0.1) is 0 Å².